The van der Waals surface area contributed by atoms with Gasteiger partial charge < -0.3 is 5.11 Å². The van der Waals surface area contributed by atoms with Crippen molar-refractivity contribution in [2.75, 3.05) is 0 Å². The Hall–Kier alpha value is -3.47. The van der Waals surface area contributed by atoms with Gasteiger partial charge in [0, 0.05) is 5.56 Å². The Bertz CT molecular complexity index is 924. The van der Waals surface area contributed by atoms with Crippen LogP contribution >= 0.6 is 0 Å². The summed E-state index contributed by atoms with van der Waals surface area (Å²) in [5.41, 5.74) is 4.21. The van der Waals surface area contributed by atoms with Crippen molar-refractivity contribution in [1.82, 2.24) is 5.43 Å². The molecule has 0 spiro atoms. The van der Waals surface area contributed by atoms with Crippen LogP contribution in [0.5, 0.6) is 5.75 Å². The highest BCUT2D eigenvalue weighted by molar-refractivity contribution is 5.97. The number of carbonyl (C=O) groups is 1. The SMILES string of the molecule is O=C(N/N=C/c1ccc(-c2ccccc2)c(F)c1)c1ccccc1O. The Morgan fingerprint density at radius 3 is 2.44 bits per heavy atom. The summed E-state index contributed by atoms with van der Waals surface area (Å²) >= 11 is 0. The third kappa shape index (κ3) is 3.90. The van der Waals surface area contributed by atoms with Crippen molar-refractivity contribution in [3.8, 4) is 16.9 Å². The van der Waals surface area contributed by atoms with Gasteiger partial charge in [0.1, 0.15) is 11.6 Å². The van der Waals surface area contributed by atoms with Crippen LogP contribution in [0, 0.1) is 5.82 Å². The molecule has 0 unspecified atom stereocenters. The molecule has 0 aliphatic carbocycles. The average molecular weight is 334 g/mol. The number of halogens is 1. The van der Waals surface area contributed by atoms with Gasteiger partial charge >= 0.3 is 0 Å². The van der Waals surface area contributed by atoms with E-state index in [1.54, 1.807) is 24.3 Å². The van der Waals surface area contributed by atoms with Crippen LogP contribution in [-0.4, -0.2) is 17.2 Å². The second-order valence-corrected chi connectivity index (χ2v) is 5.32. The van der Waals surface area contributed by atoms with Gasteiger partial charge in [0.05, 0.1) is 11.8 Å². The van der Waals surface area contributed by atoms with Crippen LogP contribution in [-0.2, 0) is 0 Å². The van der Waals surface area contributed by atoms with Gasteiger partial charge in [0.15, 0.2) is 0 Å². The first kappa shape index (κ1) is 16.4. The molecular weight excluding hydrogens is 319 g/mol. The molecular formula is C20H15FN2O2. The lowest BCUT2D eigenvalue weighted by molar-refractivity contribution is 0.0952. The van der Waals surface area contributed by atoms with Gasteiger partial charge in [-0.25, -0.2) is 9.82 Å². The van der Waals surface area contributed by atoms with Gasteiger partial charge in [-0.15, -0.1) is 0 Å². The molecule has 0 radical (unpaired) electrons. The van der Waals surface area contributed by atoms with Crippen molar-refractivity contribution < 1.29 is 14.3 Å². The van der Waals surface area contributed by atoms with Crippen LogP contribution in [0.1, 0.15) is 15.9 Å². The second-order valence-electron chi connectivity index (χ2n) is 5.32. The zero-order valence-corrected chi connectivity index (χ0v) is 13.2. The molecule has 0 aliphatic rings. The Labute approximate surface area is 144 Å². The van der Waals surface area contributed by atoms with Crippen molar-refractivity contribution in [2.24, 2.45) is 5.10 Å². The standard InChI is InChI=1S/C20H15FN2O2/c21-18-12-14(10-11-16(18)15-6-2-1-3-7-15)13-22-23-20(25)17-8-4-5-9-19(17)24/h1-13,24H,(H,23,25)/b22-13+. The Morgan fingerprint density at radius 2 is 1.72 bits per heavy atom. The van der Waals surface area contributed by atoms with E-state index in [1.807, 2.05) is 30.3 Å². The normalized spacial score (nSPS) is 10.8. The first-order valence-electron chi connectivity index (χ1n) is 7.61. The number of para-hydroxylation sites is 1. The number of nitrogens with one attached hydrogen (secondary N) is 1. The molecule has 4 nitrogen and oxygen atoms in total. The highest BCUT2D eigenvalue weighted by Crippen LogP contribution is 2.22. The fourth-order valence-corrected chi connectivity index (χ4v) is 2.35. The number of phenols is 1. The second kappa shape index (κ2) is 7.40. The molecule has 0 aromatic heterocycles. The number of hydrazone groups is 1. The summed E-state index contributed by atoms with van der Waals surface area (Å²) in [6.45, 7) is 0. The molecule has 0 fully saturated rings. The fourth-order valence-electron chi connectivity index (χ4n) is 2.35. The molecule has 124 valence electrons. The maximum absolute atomic E-state index is 14.3. The van der Waals surface area contributed by atoms with Crippen LogP contribution in [0.4, 0.5) is 4.39 Å². The Balaban J connectivity index is 1.71. The number of rotatable bonds is 4. The molecule has 1 amide bonds. The zero-order valence-electron chi connectivity index (χ0n) is 13.2. The molecule has 0 bridgehead atoms. The number of benzene rings is 3. The maximum atomic E-state index is 14.3. The van der Waals surface area contributed by atoms with Crippen LogP contribution in [0.15, 0.2) is 77.9 Å². The van der Waals surface area contributed by atoms with Gasteiger partial charge in [0.2, 0.25) is 0 Å². The van der Waals surface area contributed by atoms with Gasteiger partial charge in [-0.3, -0.25) is 4.79 Å². The molecule has 0 saturated carbocycles. The third-order valence-electron chi connectivity index (χ3n) is 3.61. The Kier molecular flexibility index (Phi) is 4.85. The number of phenolic OH excluding ortho intramolecular Hbond substituents is 1. The highest BCUT2D eigenvalue weighted by atomic mass is 19.1. The fraction of sp³-hybridized carbons (Fsp3) is 0. The van der Waals surface area contributed by atoms with Crippen molar-refractivity contribution in [3.05, 3.63) is 89.7 Å². The van der Waals surface area contributed by atoms with Crippen LogP contribution < -0.4 is 5.43 Å². The van der Waals surface area contributed by atoms with E-state index in [2.05, 4.69) is 10.5 Å². The van der Waals surface area contributed by atoms with E-state index in [4.69, 9.17) is 0 Å². The van der Waals surface area contributed by atoms with Crippen molar-refractivity contribution in [3.63, 3.8) is 0 Å². The quantitative estimate of drug-likeness (QED) is 0.560. The highest BCUT2D eigenvalue weighted by Gasteiger charge is 2.09. The summed E-state index contributed by atoms with van der Waals surface area (Å²) in [6.07, 6.45) is 1.34. The lowest BCUT2D eigenvalue weighted by Crippen LogP contribution is -2.17. The van der Waals surface area contributed by atoms with E-state index in [9.17, 15) is 14.3 Å². The van der Waals surface area contributed by atoms with E-state index in [-0.39, 0.29) is 17.1 Å². The lowest BCUT2D eigenvalue weighted by Gasteiger charge is -2.04. The summed E-state index contributed by atoms with van der Waals surface area (Å²) in [5, 5.41) is 13.4. The summed E-state index contributed by atoms with van der Waals surface area (Å²) in [4.78, 5) is 11.9. The van der Waals surface area contributed by atoms with Gasteiger partial charge in [-0.2, -0.15) is 5.10 Å². The topological polar surface area (TPSA) is 61.7 Å². The third-order valence-corrected chi connectivity index (χ3v) is 3.61. The zero-order chi connectivity index (χ0) is 17.6. The minimum absolute atomic E-state index is 0.116. The molecule has 3 aromatic carbocycles. The number of aromatic hydroxyl groups is 1. The molecule has 0 saturated heterocycles. The van der Waals surface area contributed by atoms with Crippen LogP contribution in [0.2, 0.25) is 0 Å². The largest absolute Gasteiger partial charge is 0.507 e. The Morgan fingerprint density at radius 1 is 1.00 bits per heavy atom. The predicted octanol–water partition coefficient (Wildman–Crippen LogP) is 3.96. The smallest absolute Gasteiger partial charge is 0.275 e. The van der Waals surface area contributed by atoms with E-state index in [1.165, 1.54) is 24.4 Å². The predicted molar refractivity (Wildman–Crippen MR) is 95.0 cm³/mol. The van der Waals surface area contributed by atoms with Crippen molar-refractivity contribution >= 4 is 12.1 Å². The first-order chi connectivity index (χ1) is 12.1. The van der Waals surface area contributed by atoms with Gasteiger partial charge in [-0.05, 0) is 29.3 Å². The molecule has 0 aliphatic heterocycles. The maximum Gasteiger partial charge on any atom is 0.275 e. The van der Waals surface area contributed by atoms with E-state index in [0.29, 0.717) is 11.1 Å². The molecule has 3 aromatic rings. The van der Waals surface area contributed by atoms with Crippen LogP contribution in [0.25, 0.3) is 11.1 Å². The number of amides is 1. The molecule has 3 rings (SSSR count). The molecule has 0 atom stereocenters. The molecule has 25 heavy (non-hydrogen) atoms. The lowest BCUT2D eigenvalue weighted by atomic mass is 10.0. The first-order valence-corrected chi connectivity index (χ1v) is 7.61. The molecule has 5 heteroatoms. The number of nitrogens with zero attached hydrogens (tertiary/aromatic N) is 1. The summed E-state index contributed by atoms with van der Waals surface area (Å²) in [5.74, 6) is -1.05. The molecule has 2 N–H and O–H groups in total. The van der Waals surface area contributed by atoms with Gasteiger partial charge in [-0.1, -0.05) is 54.6 Å². The summed E-state index contributed by atoms with van der Waals surface area (Å²) in [7, 11) is 0. The monoisotopic (exact) mass is 334 g/mol. The van der Waals surface area contributed by atoms with E-state index < -0.39 is 5.91 Å². The van der Waals surface area contributed by atoms with Gasteiger partial charge in [0.25, 0.3) is 5.91 Å². The molecule has 0 heterocycles. The average Bonchev–Trinajstić information content (AvgIpc) is 2.63. The van der Waals surface area contributed by atoms with Crippen LogP contribution in [0.3, 0.4) is 0 Å². The summed E-state index contributed by atoms with van der Waals surface area (Å²) < 4.78 is 14.3. The number of carbonyl (C=O) groups excluding carboxylic acids is 1. The number of hydrogen-bond acceptors (Lipinski definition) is 3. The minimum Gasteiger partial charge on any atom is -0.507 e. The van der Waals surface area contributed by atoms with E-state index in [0.717, 1.165) is 5.56 Å². The van der Waals surface area contributed by atoms with Crippen molar-refractivity contribution in [1.29, 1.82) is 0 Å². The van der Waals surface area contributed by atoms with E-state index >= 15 is 0 Å². The minimum atomic E-state index is -0.546. The summed E-state index contributed by atoms with van der Waals surface area (Å²) in [6, 6.07) is 20.1. The number of hydrogen-bond donors (Lipinski definition) is 2. The van der Waals surface area contributed by atoms with Crippen molar-refractivity contribution in [2.45, 2.75) is 0 Å².